The van der Waals surface area contributed by atoms with Crippen LogP contribution in [-0.4, -0.2) is 26.4 Å². The van der Waals surface area contributed by atoms with E-state index in [0.29, 0.717) is 11.4 Å². The average Bonchev–Trinajstić information content (AvgIpc) is 2.65. The number of anilines is 2. The van der Waals surface area contributed by atoms with Crippen molar-refractivity contribution >= 4 is 23.6 Å². The minimum absolute atomic E-state index is 0.436. The Morgan fingerprint density at radius 3 is 1.33 bits per heavy atom. The first-order chi connectivity index (χ1) is 11.7. The van der Waals surface area contributed by atoms with Crippen molar-refractivity contribution in [1.82, 2.24) is 0 Å². The van der Waals surface area contributed by atoms with Gasteiger partial charge in [0.05, 0.1) is 25.6 Å². The topological polar surface area (TPSA) is 83.8 Å². The van der Waals surface area contributed by atoms with Crippen molar-refractivity contribution < 1.29 is 19.1 Å². The molecule has 0 aliphatic heterocycles. The standard InChI is InChI=1S/C16H16N4O4/c1-23-15(21)19(13-9-5-3-6-10-13)17-18-20(16(22)24-2)14-11-7-4-8-12-14/h3-12H,1-2H3/b18-17+. The number of para-hydroxylation sites is 2. The zero-order valence-electron chi connectivity index (χ0n) is 13.2. The molecule has 0 saturated carbocycles. The number of rotatable bonds is 4. The second-order valence-electron chi connectivity index (χ2n) is 4.41. The summed E-state index contributed by atoms with van der Waals surface area (Å²) in [5.41, 5.74) is 0.872. The van der Waals surface area contributed by atoms with Gasteiger partial charge in [0.15, 0.2) is 0 Å². The molecule has 0 aromatic heterocycles. The third-order valence-corrected chi connectivity index (χ3v) is 2.92. The summed E-state index contributed by atoms with van der Waals surface area (Å²) in [5.74, 6) is 0. The summed E-state index contributed by atoms with van der Waals surface area (Å²) >= 11 is 0. The molecule has 8 heteroatoms. The molecule has 0 heterocycles. The van der Waals surface area contributed by atoms with E-state index in [9.17, 15) is 9.59 Å². The van der Waals surface area contributed by atoms with Crippen LogP contribution in [0.5, 0.6) is 0 Å². The first-order valence-corrected chi connectivity index (χ1v) is 6.95. The number of ether oxygens (including phenoxy) is 2. The molecule has 124 valence electrons. The van der Waals surface area contributed by atoms with Crippen LogP contribution in [0.3, 0.4) is 0 Å². The number of methoxy groups -OCH3 is 2. The van der Waals surface area contributed by atoms with Gasteiger partial charge >= 0.3 is 12.2 Å². The highest BCUT2D eigenvalue weighted by Crippen LogP contribution is 2.18. The van der Waals surface area contributed by atoms with Gasteiger partial charge in [0, 0.05) is 0 Å². The van der Waals surface area contributed by atoms with Gasteiger partial charge in [-0.25, -0.2) is 9.59 Å². The number of hydrogen-bond donors (Lipinski definition) is 0. The van der Waals surface area contributed by atoms with Crippen LogP contribution in [0.1, 0.15) is 0 Å². The van der Waals surface area contributed by atoms with Crippen LogP contribution < -0.4 is 10.0 Å². The Kier molecular flexibility index (Phi) is 5.84. The van der Waals surface area contributed by atoms with Gasteiger partial charge < -0.3 is 9.47 Å². The fourth-order valence-electron chi connectivity index (χ4n) is 1.78. The van der Waals surface area contributed by atoms with Crippen LogP contribution in [0.25, 0.3) is 0 Å². The Hall–Kier alpha value is -3.42. The predicted molar refractivity (Wildman–Crippen MR) is 87.5 cm³/mol. The lowest BCUT2D eigenvalue weighted by molar-refractivity contribution is 0.175. The van der Waals surface area contributed by atoms with Gasteiger partial charge in [0.25, 0.3) is 0 Å². The Morgan fingerprint density at radius 1 is 0.708 bits per heavy atom. The summed E-state index contributed by atoms with van der Waals surface area (Å²) in [6.07, 6.45) is -1.49. The van der Waals surface area contributed by atoms with Crippen molar-refractivity contribution in [3.63, 3.8) is 0 Å². The van der Waals surface area contributed by atoms with Crippen LogP contribution in [-0.2, 0) is 9.47 Å². The summed E-state index contributed by atoms with van der Waals surface area (Å²) < 4.78 is 9.38. The van der Waals surface area contributed by atoms with E-state index in [1.807, 2.05) is 0 Å². The summed E-state index contributed by atoms with van der Waals surface area (Å²) in [6.45, 7) is 0. The van der Waals surface area contributed by atoms with Crippen molar-refractivity contribution in [1.29, 1.82) is 0 Å². The molecule has 0 aliphatic rings. The van der Waals surface area contributed by atoms with Gasteiger partial charge in [-0.15, -0.1) is 10.0 Å². The number of carbonyl (C=O) groups excluding carboxylic acids is 2. The lowest BCUT2D eigenvalue weighted by Gasteiger charge is -2.17. The summed E-state index contributed by atoms with van der Waals surface area (Å²) in [7, 11) is 2.45. The fraction of sp³-hybridized carbons (Fsp3) is 0.125. The van der Waals surface area contributed by atoms with Crippen LogP contribution >= 0.6 is 0 Å². The van der Waals surface area contributed by atoms with E-state index < -0.39 is 12.2 Å². The van der Waals surface area contributed by atoms with Crippen molar-refractivity contribution in [2.24, 2.45) is 10.4 Å². The number of benzene rings is 2. The molecule has 0 aliphatic carbocycles. The Morgan fingerprint density at radius 2 is 1.04 bits per heavy atom. The first-order valence-electron chi connectivity index (χ1n) is 6.95. The third kappa shape index (κ3) is 4.07. The molecule has 0 atom stereocenters. The lowest BCUT2D eigenvalue weighted by atomic mass is 10.3. The van der Waals surface area contributed by atoms with Crippen LogP contribution in [0, 0.1) is 0 Å². The minimum atomic E-state index is -0.747. The van der Waals surface area contributed by atoms with Crippen molar-refractivity contribution in [3.8, 4) is 0 Å². The highest BCUT2D eigenvalue weighted by atomic mass is 16.6. The SMILES string of the molecule is COC(=O)N(/N=N/N(C(=O)OC)c1ccccc1)c1ccccc1. The normalized spacial score (nSPS) is 10.2. The molecule has 2 aromatic carbocycles. The molecule has 2 aromatic rings. The highest BCUT2D eigenvalue weighted by molar-refractivity contribution is 5.88. The predicted octanol–water partition coefficient (Wildman–Crippen LogP) is 3.81. The Balaban J connectivity index is 2.34. The van der Waals surface area contributed by atoms with E-state index in [0.717, 1.165) is 10.0 Å². The Labute approximate surface area is 138 Å². The van der Waals surface area contributed by atoms with Gasteiger partial charge in [0.1, 0.15) is 0 Å². The molecule has 0 fully saturated rings. The summed E-state index contributed by atoms with van der Waals surface area (Å²) in [6, 6.07) is 17.1. The highest BCUT2D eigenvalue weighted by Gasteiger charge is 2.19. The molecular formula is C16H16N4O4. The van der Waals surface area contributed by atoms with Crippen molar-refractivity contribution in [3.05, 3.63) is 60.7 Å². The third-order valence-electron chi connectivity index (χ3n) is 2.92. The quantitative estimate of drug-likeness (QED) is 0.631. The van der Waals surface area contributed by atoms with Gasteiger partial charge in [0.2, 0.25) is 0 Å². The van der Waals surface area contributed by atoms with Crippen LogP contribution in [0.2, 0.25) is 0 Å². The largest absolute Gasteiger partial charge is 0.451 e. The maximum atomic E-state index is 11.9. The zero-order valence-corrected chi connectivity index (χ0v) is 13.2. The van der Waals surface area contributed by atoms with Crippen LogP contribution in [0.15, 0.2) is 71.1 Å². The number of nitrogens with zero attached hydrogens (tertiary/aromatic N) is 4. The molecule has 0 N–H and O–H groups in total. The monoisotopic (exact) mass is 328 g/mol. The van der Waals surface area contributed by atoms with E-state index in [-0.39, 0.29) is 0 Å². The zero-order chi connectivity index (χ0) is 17.4. The summed E-state index contributed by atoms with van der Waals surface area (Å²) in [5, 5.41) is 9.50. The number of carbonyl (C=O) groups is 2. The molecule has 24 heavy (non-hydrogen) atoms. The van der Waals surface area contributed by atoms with Crippen LogP contribution in [0.4, 0.5) is 21.0 Å². The lowest BCUT2D eigenvalue weighted by Crippen LogP contribution is -2.28. The molecule has 0 radical (unpaired) electrons. The molecule has 0 spiro atoms. The van der Waals surface area contributed by atoms with Crippen molar-refractivity contribution in [2.75, 3.05) is 24.2 Å². The molecule has 0 unspecified atom stereocenters. The number of hydrogen-bond acceptors (Lipinski definition) is 6. The average molecular weight is 328 g/mol. The molecule has 2 amide bonds. The molecular weight excluding hydrogens is 312 g/mol. The second kappa shape index (κ2) is 8.28. The van der Waals surface area contributed by atoms with E-state index >= 15 is 0 Å². The summed E-state index contributed by atoms with van der Waals surface area (Å²) in [4.78, 5) is 23.8. The minimum Gasteiger partial charge on any atom is -0.451 e. The Bertz CT molecular complexity index is 645. The van der Waals surface area contributed by atoms with E-state index in [2.05, 4.69) is 10.4 Å². The van der Waals surface area contributed by atoms with Gasteiger partial charge in [-0.05, 0) is 34.7 Å². The molecule has 0 bridgehead atoms. The van der Waals surface area contributed by atoms with Crippen molar-refractivity contribution in [2.45, 2.75) is 0 Å². The molecule has 8 nitrogen and oxygen atoms in total. The molecule has 2 rings (SSSR count). The maximum Gasteiger partial charge on any atom is 0.436 e. The van der Waals surface area contributed by atoms with E-state index in [1.165, 1.54) is 14.2 Å². The first kappa shape index (κ1) is 16.9. The number of amides is 2. The smallest absolute Gasteiger partial charge is 0.436 e. The van der Waals surface area contributed by atoms with Gasteiger partial charge in [-0.2, -0.15) is 0 Å². The van der Waals surface area contributed by atoms with Gasteiger partial charge in [-0.3, -0.25) is 0 Å². The fourth-order valence-corrected chi connectivity index (χ4v) is 1.78. The van der Waals surface area contributed by atoms with E-state index in [1.54, 1.807) is 60.7 Å². The molecule has 0 saturated heterocycles. The van der Waals surface area contributed by atoms with Gasteiger partial charge in [-0.1, -0.05) is 36.4 Å². The second-order valence-corrected chi connectivity index (χ2v) is 4.41. The van der Waals surface area contributed by atoms with E-state index in [4.69, 9.17) is 9.47 Å². The maximum absolute atomic E-state index is 11.9.